The molecular formula is C12H20N2O3. The van der Waals surface area contributed by atoms with Crippen molar-refractivity contribution in [1.82, 2.24) is 10.2 Å². The fourth-order valence-electron chi connectivity index (χ4n) is 2.65. The molecule has 1 aliphatic heterocycles. The number of carboxylic acid groups (broad SMARTS) is 1. The van der Waals surface area contributed by atoms with Crippen molar-refractivity contribution in [2.75, 3.05) is 13.1 Å². The SMILES string of the molecule is CC1CC(NC(=O)N2CCC[C@@H](C(=O)O)C2)C1. The Morgan fingerprint density at radius 3 is 2.65 bits per heavy atom. The van der Waals surface area contributed by atoms with Crippen LogP contribution < -0.4 is 5.32 Å². The molecule has 1 aliphatic carbocycles. The van der Waals surface area contributed by atoms with Crippen molar-refractivity contribution >= 4 is 12.0 Å². The van der Waals surface area contributed by atoms with E-state index in [1.807, 2.05) is 0 Å². The number of hydrogen-bond donors (Lipinski definition) is 2. The monoisotopic (exact) mass is 240 g/mol. The summed E-state index contributed by atoms with van der Waals surface area (Å²) in [6.07, 6.45) is 3.55. The molecule has 2 fully saturated rings. The first-order valence-corrected chi connectivity index (χ1v) is 6.34. The first-order valence-electron chi connectivity index (χ1n) is 6.34. The number of nitrogens with one attached hydrogen (secondary N) is 1. The number of nitrogens with zero attached hydrogens (tertiary/aromatic N) is 1. The van der Waals surface area contributed by atoms with E-state index in [0.717, 1.165) is 19.3 Å². The molecule has 17 heavy (non-hydrogen) atoms. The lowest BCUT2D eigenvalue weighted by atomic mass is 9.82. The standard InChI is InChI=1S/C12H20N2O3/c1-8-5-10(6-8)13-12(17)14-4-2-3-9(7-14)11(15)16/h8-10H,2-7H2,1H3,(H,13,17)(H,15,16)/t8?,9-,10?/m1/s1. The summed E-state index contributed by atoms with van der Waals surface area (Å²) in [4.78, 5) is 24.4. The number of carboxylic acids is 1. The van der Waals surface area contributed by atoms with Crippen molar-refractivity contribution in [3.8, 4) is 0 Å². The number of carbonyl (C=O) groups is 2. The van der Waals surface area contributed by atoms with Gasteiger partial charge in [-0.25, -0.2) is 4.79 Å². The highest BCUT2D eigenvalue weighted by atomic mass is 16.4. The van der Waals surface area contributed by atoms with Crippen LogP contribution in [0.3, 0.4) is 0 Å². The zero-order valence-corrected chi connectivity index (χ0v) is 10.2. The smallest absolute Gasteiger partial charge is 0.317 e. The number of carbonyl (C=O) groups excluding carboxylic acids is 1. The fraction of sp³-hybridized carbons (Fsp3) is 0.833. The predicted molar refractivity (Wildman–Crippen MR) is 62.7 cm³/mol. The minimum Gasteiger partial charge on any atom is -0.481 e. The maximum Gasteiger partial charge on any atom is 0.317 e. The summed E-state index contributed by atoms with van der Waals surface area (Å²) in [5, 5.41) is 11.9. The summed E-state index contributed by atoms with van der Waals surface area (Å²) in [6.45, 7) is 3.20. The van der Waals surface area contributed by atoms with Gasteiger partial charge in [-0.2, -0.15) is 0 Å². The molecule has 2 rings (SSSR count). The normalized spacial score (nSPS) is 32.8. The van der Waals surface area contributed by atoms with Gasteiger partial charge in [-0.1, -0.05) is 6.92 Å². The van der Waals surface area contributed by atoms with Crippen LogP contribution in [-0.4, -0.2) is 41.1 Å². The van der Waals surface area contributed by atoms with E-state index in [4.69, 9.17) is 5.11 Å². The Morgan fingerprint density at radius 2 is 2.06 bits per heavy atom. The second-order valence-corrected chi connectivity index (χ2v) is 5.35. The van der Waals surface area contributed by atoms with Crippen molar-refractivity contribution in [1.29, 1.82) is 0 Å². The van der Waals surface area contributed by atoms with Crippen molar-refractivity contribution < 1.29 is 14.7 Å². The molecule has 0 aromatic rings. The Labute approximate surface area is 101 Å². The highest BCUT2D eigenvalue weighted by Crippen LogP contribution is 2.26. The third-order valence-electron chi connectivity index (χ3n) is 3.76. The van der Waals surface area contributed by atoms with Crippen LogP contribution in [0.5, 0.6) is 0 Å². The van der Waals surface area contributed by atoms with Crippen molar-refractivity contribution in [2.24, 2.45) is 11.8 Å². The van der Waals surface area contributed by atoms with Gasteiger partial charge in [0.2, 0.25) is 0 Å². The summed E-state index contributed by atoms with van der Waals surface area (Å²) >= 11 is 0. The zero-order valence-electron chi connectivity index (χ0n) is 10.2. The molecule has 1 atom stereocenters. The highest BCUT2D eigenvalue weighted by Gasteiger charge is 2.31. The van der Waals surface area contributed by atoms with Gasteiger partial charge < -0.3 is 15.3 Å². The second-order valence-electron chi connectivity index (χ2n) is 5.35. The molecule has 1 heterocycles. The molecule has 1 saturated heterocycles. The molecule has 2 aliphatic rings. The van der Waals surface area contributed by atoms with Crippen LogP contribution in [-0.2, 0) is 4.79 Å². The first-order chi connectivity index (χ1) is 8.06. The van der Waals surface area contributed by atoms with Gasteiger partial charge in [-0.3, -0.25) is 4.79 Å². The van der Waals surface area contributed by atoms with Crippen LogP contribution in [0.25, 0.3) is 0 Å². The molecule has 0 bridgehead atoms. The summed E-state index contributed by atoms with van der Waals surface area (Å²) in [7, 11) is 0. The van der Waals surface area contributed by atoms with Gasteiger partial charge in [0.15, 0.2) is 0 Å². The van der Waals surface area contributed by atoms with Gasteiger partial charge in [0, 0.05) is 19.1 Å². The number of piperidine rings is 1. The minimum absolute atomic E-state index is 0.0900. The van der Waals surface area contributed by atoms with E-state index in [-0.39, 0.29) is 6.03 Å². The molecule has 5 heteroatoms. The third-order valence-corrected chi connectivity index (χ3v) is 3.76. The topological polar surface area (TPSA) is 69.6 Å². The molecule has 0 spiro atoms. The number of rotatable bonds is 2. The van der Waals surface area contributed by atoms with Crippen LogP contribution in [0.15, 0.2) is 0 Å². The largest absolute Gasteiger partial charge is 0.481 e. The van der Waals surface area contributed by atoms with Crippen LogP contribution in [0.2, 0.25) is 0 Å². The van der Waals surface area contributed by atoms with Crippen LogP contribution in [0.1, 0.15) is 32.6 Å². The lowest BCUT2D eigenvalue weighted by Crippen LogP contribution is -2.52. The summed E-state index contributed by atoms with van der Waals surface area (Å²) in [5.74, 6) is -0.483. The van der Waals surface area contributed by atoms with E-state index in [9.17, 15) is 9.59 Å². The molecule has 96 valence electrons. The van der Waals surface area contributed by atoms with E-state index >= 15 is 0 Å². The van der Waals surface area contributed by atoms with E-state index in [1.165, 1.54) is 0 Å². The van der Waals surface area contributed by atoms with Gasteiger partial charge in [0.25, 0.3) is 0 Å². The van der Waals surface area contributed by atoms with Crippen molar-refractivity contribution in [3.05, 3.63) is 0 Å². The maximum absolute atomic E-state index is 11.9. The molecule has 5 nitrogen and oxygen atoms in total. The lowest BCUT2D eigenvalue weighted by molar-refractivity contribution is -0.143. The van der Waals surface area contributed by atoms with Gasteiger partial charge in [-0.15, -0.1) is 0 Å². The molecule has 0 aromatic heterocycles. The van der Waals surface area contributed by atoms with Crippen LogP contribution >= 0.6 is 0 Å². The van der Waals surface area contributed by atoms with Crippen LogP contribution in [0, 0.1) is 11.8 Å². The van der Waals surface area contributed by atoms with E-state index in [1.54, 1.807) is 4.90 Å². The summed E-state index contributed by atoms with van der Waals surface area (Å²) in [6, 6.07) is 0.204. The first kappa shape index (κ1) is 12.2. The van der Waals surface area contributed by atoms with Crippen molar-refractivity contribution in [3.63, 3.8) is 0 Å². The quantitative estimate of drug-likeness (QED) is 0.764. The number of likely N-dealkylation sites (tertiary alicyclic amines) is 1. The molecule has 1 saturated carbocycles. The summed E-state index contributed by atoms with van der Waals surface area (Å²) in [5.41, 5.74) is 0. The Morgan fingerprint density at radius 1 is 1.35 bits per heavy atom. The molecule has 2 N–H and O–H groups in total. The minimum atomic E-state index is -0.792. The highest BCUT2D eigenvalue weighted by molar-refractivity contribution is 5.76. The maximum atomic E-state index is 11.9. The van der Waals surface area contributed by atoms with Gasteiger partial charge in [0.1, 0.15) is 0 Å². The van der Waals surface area contributed by atoms with Gasteiger partial charge in [0.05, 0.1) is 5.92 Å². The Bertz CT molecular complexity index is 313. The number of urea groups is 1. The predicted octanol–water partition coefficient (Wildman–Crippen LogP) is 1.29. The third kappa shape index (κ3) is 2.90. The van der Waals surface area contributed by atoms with Gasteiger partial charge in [-0.05, 0) is 31.6 Å². The van der Waals surface area contributed by atoms with Crippen molar-refractivity contribution in [2.45, 2.75) is 38.6 Å². The average Bonchev–Trinajstić information content (AvgIpc) is 2.27. The van der Waals surface area contributed by atoms with E-state index < -0.39 is 11.9 Å². The van der Waals surface area contributed by atoms with E-state index in [0.29, 0.717) is 31.5 Å². The Hall–Kier alpha value is -1.26. The lowest BCUT2D eigenvalue weighted by Gasteiger charge is -2.37. The molecule has 0 unspecified atom stereocenters. The Balaban J connectivity index is 1.80. The number of amides is 2. The zero-order chi connectivity index (χ0) is 12.4. The second kappa shape index (κ2) is 4.94. The fourth-order valence-corrected chi connectivity index (χ4v) is 2.65. The molecule has 2 amide bonds. The average molecular weight is 240 g/mol. The Kier molecular flexibility index (Phi) is 3.54. The number of aliphatic carboxylic acids is 1. The summed E-state index contributed by atoms with van der Waals surface area (Å²) < 4.78 is 0. The van der Waals surface area contributed by atoms with Crippen LogP contribution in [0.4, 0.5) is 4.79 Å². The number of hydrogen-bond acceptors (Lipinski definition) is 2. The molecule has 0 radical (unpaired) electrons. The molecular weight excluding hydrogens is 220 g/mol. The molecule has 0 aromatic carbocycles. The van der Waals surface area contributed by atoms with Gasteiger partial charge >= 0.3 is 12.0 Å². The van der Waals surface area contributed by atoms with E-state index in [2.05, 4.69) is 12.2 Å².